The number of carbonyl (C=O) groups is 5. The second kappa shape index (κ2) is 13.2. The van der Waals surface area contributed by atoms with Gasteiger partial charge in [-0.15, -0.1) is 0 Å². The number of hydrogen-bond acceptors (Lipinski definition) is 8. The Morgan fingerprint density at radius 1 is 1.05 bits per heavy atom. The van der Waals surface area contributed by atoms with Crippen LogP contribution in [0.3, 0.4) is 0 Å². The van der Waals surface area contributed by atoms with Crippen LogP contribution < -0.4 is 16.0 Å². The van der Waals surface area contributed by atoms with Gasteiger partial charge in [0.25, 0.3) is 11.8 Å². The van der Waals surface area contributed by atoms with E-state index < -0.39 is 53.8 Å². The average molecular weight is 605 g/mol. The van der Waals surface area contributed by atoms with Gasteiger partial charge in [-0.25, -0.2) is 9.97 Å². The molecule has 3 aromatic rings. The van der Waals surface area contributed by atoms with Crippen molar-refractivity contribution in [3.05, 3.63) is 66.2 Å². The Morgan fingerprint density at radius 2 is 1.82 bits per heavy atom. The summed E-state index contributed by atoms with van der Waals surface area (Å²) in [7, 11) is 1.46. The topological polar surface area (TPSA) is 167 Å². The Hall–Kier alpha value is -4.85. The van der Waals surface area contributed by atoms with E-state index in [1.165, 1.54) is 16.8 Å². The summed E-state index contributed by atoms with van der Waals surface area (Å²) < 4.78 is 7.72. The van der Waals surface area contributed by atoms with Crippen molar-refractivity contribution in [1.29, 1.82) is 0 Å². The van der Waals surface area contributed by atoms with E-state index in [4.69, 9.17) is 4.74 Å². The van der Waals surface area contributed by atoms with Gasteiger partial charge in [0, 0.05) is 45.1 Å². The van der Waals surface area contributed by atoms with Crippen molar-refractivity contribution in [2.75, 3.05) is 33.2 Å². The number of nitrogens with one attached hydrogen (secondary N) is 3. The van der Waals surface area contributed by atoms with Crippen molar-refractivity contribution >= 4 is 35.3 Å². The van der Waals surface area contributed by atoms with E-state index in [0.717, 1.165) is 5.56 Å². The summed E-state index contributed by atoms with van der Waals surface area (Å²) in [6.45, 7) is 3.22. The lowest BCUT2D eigenvalue weighted by Gasteiger charge is -2.38. The lowest BCUT2D eigenvalue weighted by molar-refractivity contribution is -0.148. The average Bonchev–Trinajstić information content (AvgIpc) is 3.45. The Labute approximate surface area is 254 Å². The molecule has 4 atom stereocenters. The zero-order valence-electron chi connectivity index (χ0n) is 24.8. The van der Waals surface area contributed by atoms with E-state index >= 15 is 0 Å². The summed E-state index contributed by atoms with van der Waals surface area (Å²) in [4.78, 5) is 78.1. The number of carbonyl (C=O) groups excluding carboxylic acids is 5. The summed E-state index contributed by atoms with van der Waals surface area (Å²) in [5, 5.41) is 8.32. The summed E-state index contributed by atoms with van der Waals surface area (Å²) in [6, 6.07) is 8.99. The van der Waals surface area contributed by atoms with Crippen molar-refractivity contribution in [2.24, 2.45) is 5.92 Å². The highest BCUT2D eigenvalue weighted by molar-refractivity contribution is 5.95. The van der Waals surface area contributed by atoms with Gasteiger partial charge in [0.15, 0.2) is 6.10 Å². The molecule has 0 aliphatic carbocycles. The first-order valence-electron chi connectivity index (χ1n) is 14.5. The molecule has 0 spiro atoms. The molecule has 5 amide bonds. The Kier molecular flexibility index (Phi) is 9.18. The molecule has 2 aromatic heterocycles. The number of aromatic nitrogens is 3. The molecule has 44 heavy (non-hydrogen) atoms. The van der Waals surface area contributed by atoms with Gasteiger partial charge in [0.2, 0.25) is 23.5 Å². The molecular formula is C30H36N8O6. The first kappa shape index (κ1) is 30.6. The fourth-order valence-corrected chi connectivity index (χ4v) is 5.31. The third-order valence-electron chi connectivity index (χ3n) is 7.63. The zero-order chi connectivity index (χ0) is 31.4. The normalized spacial score (nSPS) is 23.9. The molecule has 0 unspecified atom stereocenters. The number of imidazole rings is 1. The van der Waals surface area contributed by atoms with Crippen molar-refractivity contribution < 1.29 is 28.7 Å². The quantitative estimate of drug-likeness (QED) is 0.355. The summed E-state index contributed by atoms with van der Waals surface area (Å²) in [6.07, 6.45) is 3.10. The van der Waals surface area contributed by atoms with Crippen LogP contribution in [0.2, 0.25) is 0 Å². The van der Waals surface area contributed by atoms with Gasteiger partial charge in [0.05, 0.1) is 19.2 Å². The van der Waals surface area contributed by atoms with Crippen LogP contribution in [0.15, 0.2) is 55.0 Å². The molecule has 2 aliphatic rings. The lowest BCUT2D eigenvalue weighted by atomic mass is 10.0. The van der Waals surface area contributed by atoms with Crippen LogP contribution in [0.1, 0.15) is 29.9 Å². The molecular weight excluding hydrogens is 568 g/mol. The maximum atomic E-state index is 13.7. The molecule has 2 bridgehead atoms. The number of benzene rings is 1. The maximum absolute atomic E-state index is 13.7. The van der Waals surface area contributed by atoms with Gasteiger partial charge in [-0.1, -0.05) is 44.2 Å². The number of fused-ring (bicyclic) bond motifs is 3. The van der Waals surface area contributed by atoms with E-state index in [1.807, 2.05) is 30.3 Å². The number of amides is 5. The highest BCUT2D eigenvalue weighted by Gasteiger charge is 2.38. The van der Waals surface area contributed by atoms with Gasteiger partial charge >= 0.3 is 0 Å². The molecule has 14 heteroatoms. The van der Waals surface area contributed by atoms with Crippen LogP contribution >= 0.6 is 0 Å². The van der Waals surface area contributed by atoms with Crippen LogP contribution in [0, 0.1) is 5.92 Å². The van der Waals surface area contributed by atoms with Crippen LogP contribution in [-0.2, 0) is 30.3 Å². The zero-order valence-corrected chi connectivity index (χ0v) is 24.8. The minimum absolute atomic E-state index is 0.0233. The largest absolute Gasteiger partial charge is 0.360 e. The highest BCUT2D eigenvalue weighted by atomic mass is 16.5. The number of hydrogen-bond donors (Lipinski definition) is 3. The molecule has 14 nitrogen and oxygen atoms in total. The van der Waals surface area contributed by atoms with E-state index in [1.54, 1.807) is 42.9 Å². The fourth-order valence-electron chi connectivity index (χ4n) is 5.31. The Morgan fingerprint density at radius 3 is 2.55 bits per heavy atom. The van der Waals surface area contributed by atoms with Crippen LogP contribution in [0.4, 0.5) is 0 Å². The molecule has 2 fully saturated rings. The fraction of sp³-hybridized carbons (Fsp3) is 0.433. The molecule has 1 aromatic carbocycles. The van der Waals surface area contributed by atoms with Crippen LogP contribution in [-0.4, -0.2) is 111 Å². The van der Waals surface area contributed by atoms with Gasteiger partial charge in [-0.2, -0.15) is 0 Å². The van der Waals surface area contributed by atoms with E-state index in [0.29, 0.717) is 5.78 Å². The predicted octanol–water partition coefficient (Wildman–Crippen LogP) is -0.605. The van der Waals surface area contributed by atoms with Crippen LogP contribution in [0.25, 0.3) is 5.78 Å². The first-order valence-corrected chi connectivity index (χ1v) is 14.5. The Balaban J connectivity index is 1.45. The molecule has 0 radical (unpaired) electrons. The monoisotopic (exact) mass is 604 g/mol. The molecule has 4 heterocycles. The molecule has 2 aliphatic heterocycles. The minimum Gasteiger partial charge on any atom is -0.360 e. The van der Waals surface area contributed by atoms with Crippen molar-refractivity contribution in [2.45, 2.75) is 44.6 Å². The summed E-state index contributed by atoms with van der Waals surface area (Å²) >= 11 is 0. The molecule has 2 saturated heterocycles. The number of morpholine rings is 1. The second-order valence-corrected chi connectivity index (χ2v) is 11.4. The van der Waals surface area contributed by atoms with Gasteiger partial charge in [0.1, 0.15) is 17.8 Å². The van der Waals surface area contributed by atoms with E-state index in [9.17, 15) is 24.0 Å². The number of likely N-dealkylation sites (N-methyl/N-ethyl adjacent to an activating group) is 1. The predicted molar refractivity (Wildman–Crippen MR) is 157 cm³/mol. The SMILES string of the molecule is CC(C)[C@@H]1NC(=O)CN(C)C(=O)[C@@H](Cc2ccccc2)NC(=O)[C@H]2CN(C(=O)c3cn4cccnc4n3)C[C@H](CNC1=O)O2. The van der Waals surface area contributed by atoms with Gasteiger partial charge in [-0.05, 0) is 17.5 Å². The summed E-state index contributed by atoms with van der Waals surface area (Å²) in [5.41, 5.74) is 0.941. The van der Waals surface area contributed by atoms with E-state index in [-0.39, 0.29) is 44.2 Å². The Bertz CT molecular complexity index is 1510. The molecule has 232 valence electrons. The lowest BCUT2D eigenvalue weighted by Crippen LogP contribution is -2.59. The van der Waals surface area contributed by atoms with Gasteiger partial charge in [-0.3, -0.25) is 28.4 Å². The molecule has 5 rings (SSSR count). The smallest absolute Gasteiger partial charge is 0.274 e. The molecule has 3 N–H and O–H groups in total. The highest BCUT2D eigenvalue weighted by Crippen LogP contribution is 2.17. The number of nitrogens with zero attached hydrogens (tertiary/aromatic N) is 5. The van der Waals surface area contributed by atoms with Crippen molar-refractivity contribution in [3.8, 4) is 0 Å². The third-order valence-corrected chi connectivity index (χ3v) is 7.63. The minimum atomic E-state index is -1.15. The standard InChI is InChI=1S/C30H36N8O6/c1-18(2)25-27(41)32-13-20-14-38(29(43)22-15-37-11-7-10-31-30(37)34-22)16-23(44-20)26(40)33-21(12-19-8-5-4-6-9-19)28(42)36(3)17-24(39)35-25/h4-11,15,18,20-21,23,25H,12-14,16-17H2,1-3H3,(H,32,41)(H,33,40)(H,35,39)/t20-,21+,23+,25-/m0/s1. The molecule has 0 saturated carbocycles. The van der Waals surface area contributed by atoms with Gasteiger partial charge < -0.3 is 30.5 Å². The number of rotatable bonds is 4. The summed E-state index contributed by atoms with van der Waals surface area (Å²) in [5.74, 6) is -2.39. The third kappa shape index (κ3) is 7.02. The second-order valence-electron chi connectivity index (χ2n) is 11.4. The van der Waals surface area contributed by atoms with Crippen molar-refractivity contribution in [3.63, 3.8) is 0 Å². The van der Waals surface area contributed by atoms with E-state index in [2.05, 4.69) is 25.9 Å². The van der Waals surface area contributed by atoms with Crippen molar-refractivity contribution in [1.82, 2.24) is 40.1 Å². The first-order chi connectivity index (χ1) is 21.1. The van der Waals surface area contributed by atoms with Crippen LogP contribution in [0.5, 0.6) is 0 Å². The maximum Gasteiger partial charge on any atom is 0.274 e. The number of ether oxygens (including phenoxy) is 1.